The summed E-state index contributed by atoms with van der Waals surface area (Å²) in [6.45, 7) is 0. The van der Waals surface area contributed by atoms with Crippen molar-refractivity contribution in [2.75, 3.05) is 4.90 Å². The second-order valence-corrected chi connectivity index (χ2v) is 19.5. The van der Waals surface area contributed by atoms with Gasteiger partial charge in [-0.1, -0.05) is 255 Å². The van der Waals surface area contributed by atoms with E-state index in [0.717, 1.165) is 33.8 Å². The van der Waals surface area contributed by atoms with Crippen molar-refractivity contribution in [3.05, 3.63) is 326 Å². The Bertz CT molecular complexity index is 4160. The fourth-order valence-corrected chi connectivity index (χ4v) is 12.2. The van der Waals surface area contributed by atoms with Crippen LogP contribution in [-0.4, -0.2) is 4.57 Å². The molecule has 1 aliphatic rings. The molecule has 0 spiro atoms. The van der Waals surface area contributed by atoms with Gasteiger partial charge in [0, 0.05) is 33.3 Å². The highest BCUT2D eigenvalue weighted by atomic mass is 15.1. The first-order valence-electron chi connectivity index (χ1n) is 25.9. The third-order valence-electron chi connectivity index (χ3n) is 15.5. The van der Waals surface area contributed by atoms with E-state index < -0.39 is 5.41 Å². The molecule has 0 fully saturated rings. The van der Waals surface area contributed by atoms with Crippen molar-refractivity contribution in [3.8, 4) is 61.3 Å². The quantitative estimate of drug-likeness (QED) is 0.133. The lowest BCUT2D eigenvalue weighted by molar-refractivity contribution is 0.768. The van der Waals surface area contributed by atoms with E-state index >= 15 is 0 Å². The number of rotatable bonds is 10. The average Bonchev–Trinajstić information content (AvgIpc) is 4.10. The molecule has 0 saturated carbocycles. The molecular weight excluding hydrogens is 905 g/mol. The Labute approximate surface area is 438 Å². The van der Waals surface area contributed by atoms with E-state index in [9.17, 15) is 0 Å². The summed E-state index contributed by atoms with van der Waals surface area (Å²) in [5.74, 6) is 0. The van der Waals surface area contributed by atoms with Crippen LogP contribution in [0.4, 0.5) is 17.1 Å². The molecule has 0 aliphatic heterocycles. The van der Waals surface area contributed by atoms with Crippen LogP contribution in [0, 0.1) is 0 Å². The van der Waals surface area contributed by atoms with E-state index in [1.165, 1.54) is 88.7 Å². The Morgan fingerprint density at radius 2 is 0.800 bits per heavy atom. The summed E-state index contributed by atoms with van der Waals surface area (Å²) < 4.78 is 2.52. The van der Waals surface area contributed by atoms with Crippen molar-refractivity contribution < 1.29 is 0 Å². The Hall–Kier alpha value is -9.76. The fourth-order valence-electron chi connectivity index (χ4n) is 12.2. The molecule has 2 heteroatoms. The van der Waals surface area contributed by atoms with Crippen molar-refractivity contribution in [1.29, 1.82) is 0 Å². The van der Waals surface area contributed by atoms with E-state index in [1.807, 2.05) is 0 Å². The summed E-state index contributed by atoms with van der Waals surface area (Å²) in [6.07, 6.45) is 0. The van der Waals surface area contributed by atoms with Gasteiger partial charge < -0.3 is 9.47 Å². The van der Waals surface area contributed by atoms with E-state index in [2.05, 4.69) is 313 Å². The largest absolute Gasteiger partial charge is 0.310 e. The summed E-state index contributed by atoms with van der Waals surface area (Å²) >= 11 is 0. The van der Waals surface area contributed by atoms with Crippen LogP contribution < -0.4 is 4.90 Å². The molecule has 1 aliphatic carbocycles. The number of aromatic nitrogens is 1. The predicted octanol–water partition coefficient (Wildman–Crippen LogP) is 19.3. The average molecular weight is 955 g/mol. The minimum Gasteiger partial charge on any atom is -0.310 e. The number of anilines is 3. The number of hydrogen-bond donors (Lipinski definition) is 0. The molecule has 0 N–H and O–H groups in total. The number of hydrogen-bond acceptors (Lipinski definition) is 1. The van der Waals surface area contributed by atoms with Crippen molar-refractivity contribution in [2.24, 2.45) is 0 Å². The van der Waals surface area contributed by atoms with Gasteiger partial charge in [0.15, 0.2) is 0 Å². The van der Waals surface area contributed by atoms with Gasteiger partial charge in [-0.25, -0.2) is 0 Å². The molecule has 14 rings (SSSR count). The lowest BCUT2D eigenvalue weighted by Gasteiger charge is -2.34. The normalized spacial score (nSPS) is 12.4. The Morgan fingerprint density at radius 3 is 1.51 bits per heavy atom. The summed E-state index contributed by atoms with van der Waals surface area (Å²) in [4.78, 5) is 2.40. The highest BCUT2D eigenvalue weighted by molar-refractivity contribution is 6.11. The van der Waals surface area contributed by atoms with Crippen LogP contribution in [0.1, 0.15) is 22.3 Å². The van der Waals surface area contributed by atoms with Gasteiger partial charge in [-0.3, -0.25) is 0 Å². The van der Waals surface area contributed by atoms with Gasteiger partial charge in [-0.2, -0.15) is 0 Å². The Morgan fingerprint density at radius 1 is 0.280 bits per heavy atom. The van der Waals surface area contributed by atoms with Crippen molar-refractivity contribution in [2.45, 2.75) is 5.41 Å². The van der Waals surface area contributed by atoms with Crippen LogP contribution in [0.2, 0.25) is 0 Å². The summed E-state index contributed by atoms with van der Waals surface area (Å²) in [7, 11) is 0. The zero-order valence-corrected chi connectivity index (χ0v) is 41.3. The van der Waals surface area contributed by atoms with Gasteiger partial charge in [-0.05, 0) is 115 Å². The maximum absolute atomic E-state index is 2.52. The molecule has 2 nitrogen and oxygen atoms in total. The number of fused-ring (bicyclic) bond motifs is 6. The lowest BCUT2D eigenvalue weighted by atomic mass is 9.68. The molecule has 13 aromatic rings. The van der Waals surface area contributed by atoms with Crippen LogP contribution in [0.3, 0.4) is 0 Å². The summed E-state index contributed by atoms with van der Waals surface area (Å²) in [5.41, 5.74) is 23.4. The van der Waals surface area contributed by atoms with Gasteiger partial charge in [0.25, 0.3) is 0 Å². The minimum absolute atomic E-state index is 0.495. The fraction of sp³-hybridized carbons (Fsp3) is 0.0137. The number of nitrogens with zero attached hydrogens (tertiary/aromatic N) is 2. The predicted molar refractivity (Wildman–Crippen MR) is 315 cm³/mol. The highest BCUT2D eigenvalue weighted by Gasteiger charge is 2.47. The molecule has 0 unspecified atom stereocenters. The van der Waals surface area contributed by atoms with Gasteiger partial charge >= 0.3 is 0 Å². The van der Waals surface area contributed by atoms with Crippen LogP contribution in [0.25, 0.3) is 83.1 Å². The van der Waals surface area contributed by atoms with E-state index in [4.69, 9.17) is 0 Å². The molecule has 0 bridgehead atoms. The molecule has 0 radical (unpaired) electrons. The highest BCUT2D eigenvalue weighted by Crippen LogP contribution is 2.58. The zero-order chi connectivity index (χ0) is 49.7. The van der Waals surface area contributed by atoms with Crippen LogP contribution in [0.15, 0.2) is 303 Å². The number of benzene rings is 12. The topological polar surface area (TPSA) is 8.17 Å². The van der Waals surface area contributed by atoms with Crippen molar-refractivity contribution in [3.63, 3.8) is 0 Å². The maximum Gasteiger partial charge on any atom is 0.0714 e. The lowest BCUT2D eigenvalue weighted by Crippen LogP contribution is -2.28. The van der Waals surface area contributed by atoms with Gasteiger partial charge in [0.05, 0.1) is 27.8 Å². The van der Waals surface area contributed by atoms with Crippen LogP contribution in [-0.2, 0) is 5.41 Å². The molecule has 352 valence electrons. The van der Waals surface area contributed by atoms with Crippen LogP contribution in [0.5, 0.6) is 0 Å². The molecule has 1 aromatic heterocycles. The molecule has 0 atom stereocenters. The smallest absolute Gasteiger partial charge is 0.0714 e. The Balaban J connectivity index is 0.895. The molecule has 1 heterocycles. The first-order chi connectivity index (χ1) is 37.2. The third-order valence-corrected chi connectivity index (χ3v) is 15.5. The van der Waals surface area contributed by atoms with E-state index in [-0.39, 0.29) is 0 Å². The number of para-hydroxylation sites is 3. The maximum atomic E-state index is 2.52. The van der Waals surface area contributed by atoms with Crippen molar-refractivity contribution in [1.82, 2.24) is 4.57 Å². The second kappa shape index (κ2) is 18.4. The molecule has 12 aromatic carbocycles. The SMILES string of the molecule is c1ccc(-c2ccc(N(c3ccccc3)c3ccccc3-c3ccc(-c4ccc5c6ccccc6n(-c6cccc7c6-c6ccccc6C7(c6ccccc6)c6ccccc6)c5c4)cc3)cc2-c2ccccc2)cc1. The van der Waals surface area contributed by atoms with E-state index in [1.54, 1.807) is 0 Å². The standard InChI is InChI=1S/C73H50N2/c1-6-23-52(24-7-1)60-48-46-59(50-65(60)53-25-8-2-9-26-53)74(58-31-14-5-15-32-58)68-38-20-17-33-61(68)54-43-41-51(42-44-54)55-45-47-63-62-34-18-21-39-69(62)75(71(63)49-55)70-40-22-37-67-72(70)64-35-16-19-36-66(64)73(67,56-27-10-3-11-28-56)57-29-12-4-13-30-57/h1-50H. The Kier molecular flexibility index (Phi) is 10.8. The van der Waals surface area contributed by atoms with Gasteiger partial charge in [0.1, 0.15) is 0 Å². The van der Waals surface area contributed by atoms with Crippen LogP contribution >= 0.6 is 0 Å². The molecule has 0 saturated heterocycles. The monoisotopic (exact) mass is 954 g/mol. The van der Waals surface area contributed by atoms with Gasteiger partial charge in [0.2, 0.25) is 0 Å². The second-order valence-electron chi connectivity index (χ2n) is 19.5. The van der Waals surface area contributed by atoms with Gasteiger partial charge in [-0.15, -0.1) is 0 Å². The minimum atomic E-state index is -0.495. The first-order valence-corrected chi connectivity index (χ1v) is 25.9. The first kappa shape index (κ1) is 44.0. The molecule has 0 amide bonds. The summed E-state index contributed by atoms with van der Waals surface area (Å²) in [6, 6.07) is 111. The zero-order valence-electron chi connectivity index (χ0n) is 41.3. The van der Waals surface area contributed by atoms with Crippen molar-refractivity contribution >= 4 is 38.9 Å². The molecular formula is C73H50N2. The third kappa shape index (κ3) is 7.25. The summed E-state index contributed by atoms with van der Waals surface area (Å²) in [5, 5.41) is 2.47. The molecule has 75 heavy (non-hydrogen) atoms. The van der Waals surface area contributed by atoms with E-state index in [0.29, 0.717) is 0 Å².